The number of aromatic nitrogens is 1. The normalized spacial score (nSPS) is 18.8. The maximum Gasteiger partial charge on any atom is 0.220 e. The topological polar surface area (TPSA) is 55.1 Å². The van der Waals surface area contributed by atoms with Crippen molar-refractivity contribution in [2.45, 2.75) is 49.8 Å². The Hall–Kier alpha value is -2.53. The lowest BCUT2D eigenvalue weighted by Crippen LogP contribution is -2.39. The first-order valence-electron chi connectivity index (χ1n) is 10.7. The van der Waals surface area contributed by atoms with Gasteiger partial charge in [-0.15, -0.1) is 0 Å². The number of benzene rings is 2. The number of nitrogens with one attached hydrogen (secondary N) is 1. The van der Waals surface area contributed by atoms with Gasteiger partial charge in [-0.2, -0.15) is 11.8 Å². The summed E-state index contributed by atoms with van der Waals surface area (Å²) in [6.45, 7) is 0. The molecule has 1 fully saturated rings. The lowest BCUT2D eigenvalue weighted by atomic mass is 9.95. The van der Waals surface area contributed by atoms with Crippen LogP contribution < -0.4 is 5.32 Å². The molecule has 1 saturated carbocycles. The number of carbonyl (C=O) groups excluding carboxylic acids is 1. The van der Waals surface area contributed by atoms with Crippen LogP contribution in [0.1, 0.15) is 38.0 Å². The molecule has 1 aromatic heterocycles. The van der Waals surface area contributed by atoms with Gasteiger partial charge in [0.05, 0.1) is 0 Å². The van der Waals surface area contributed by atoms with E-state index in [4.69, 9.17) is 9.40 Å². The van der Waals surface area contributed by atoms with Crippen molar-refractivity contribution in [2.75, 3.05) is 6.26 Å². The molecular formula is C25H28N2O2S. The summed E-state index contributed by atoms with van der Waals surface area (Å²) in [5.74, 6) is 1.45. The highest BCUT2D eigenvalue weighted by Crippen LogP contribution is 2.33. The lowest BCUT2D eigenvalue weighted by molar-refractivity contribution is -0.122. The number of aryl methyl sites for hydroxylation is 1. The van der Waals surface area contributed by atoms with E-state index >= 15 is 0 Å². The first-order chi connectivity index (χ1) is 14.7. The molecule has 1 aliphatic carbocycles. The molecule has 0 saturated heterocycles. The fourth-order valence-corrected chi connectivity index (χ4v) is 4.89. The van der Waals surface area contributed by atoms with Crippen molar-refractivity contribution in [3.05, 3.63) is 66.6 Å². The van der Waals surface area contributed by atoms with Crippen LogP contribution in [-0.2, 0) is 11.2 Å². The second kappa shape index (κ2) is 9.98. The summed E-state index contributed by atoms with van der Waals surface area (Å²) in [6.07, 6.45) is 7.65. The predicted molar refractivity (Wildman–Crippen MR) is 123 cm³/mol. The van der Waals surface area contributed by atoms with E-state index in [1.54, 1.807) is 0 Å². The van der Waals surface area contributed by atoms with Crippen LogP contribution in [0, 0.1) is 0 Å². The Morgan fingerprint density at radius 2 is 1.77 bits per heavy atom. The monoisotopic (exact) mass is 420 g/mol. The Morgan fingerprint density at radius 3 is 2.47 bits per heavy atom. The van der Waals surface area contributed by atoms with Gasteiger partial charge in [-0.05, 0) is 25.5 Å². The van der Waals surface area contributed by atoms with E-state index in [0.717, 1.165) is 35.4 Å². The van der Waals surface area contributed by atoms with Crippen LogP contribution in [0.5, 0.6) is 0 Å². The molecule has 0 radical (unpaired) electrons. The van der Waals surface area contributed by atoms with Crippen LogP contribution in [0.3, 0.4) is 0 Å². The molecule has 4 nitrogen and oxygen atoms in total. The highest BCUT2D eigenvalue weighted by molar-refractivity contribution is 7.99. The van der Waals surface area contributed by atoms with E-state index in [2.05, 4.69) is 11.6 Å². The maximum absolute atomic E-state index is 12.5. The number of hydrogen-bond acceptors (Lipinski definition) is 4. The Balaban J connectivity index is 1.45. The minimum absolute atomic E-state index is 0.0856. The average molecular weight is 421 g/mol. The van der Waals surface area contributed by atoms with Gasteiger partial charge >= 0.3 is 0 Å². The molecule has 3 aromatic rings. The van der Waals surface area contributed by atoms with Gasteiger partial charge in [-0.25, -0.2) is 4.98 Å². The fraction of sp³-hybridized carbons (Fsp3) is 0.360. The fourth-order valence-electron chi connectivity index (χ4n) is 4.06. The zero-order chi connectivity index (χ0) is 20.8. The van der Waals surface area contributed by atoms with Gasteiger partial charge in [0, 0.05) is 35.3 Å². The smallest absolute Gasteiger partial charge is 0.220 e. The molecule has 1 N–H and O–H groups in total. The molecule has 2 unspecified atom stereocenters. The second-order valence-corrected chi connectivity index (χ2v) is 8.94. The first-order valence-corrected chi connectivity index (χ1v) is 11.9. The summed E-state index contributed by atoms with van der Waals surface area (Å²) in [5, 5.41) is 3.88. The van der Waals surface area contributed by atoms with E-state index in [0.29, 0.717) is 30.0 Å². The first kappa shape index (κ1) is 20.7. The van der Waals surface area contributed by atoms with Crippen LogP contribution in [0.4, 0.5) is 0 Å². The van der Waals surface area contributed by atoms with Gasteiger partial charge in [0.15, 0.2) is 11.7 Å². The number of rotatable bonds is 7. The quantitative estimate of drug-likeness (QED) is 0.530. The van der Waals surface area contributed by atoms with E-state index in [-0.39, 0.29) is 5.91 Å². The molecule has 1 aliphatic rings. The zero-order valence-corrected chi connectivity index (χ0v) is 18.2. The Labute approximate surface area is 182 Å². The highest BCUT2D eigenvalue weighted by atomic mass is 32.2. The Bertz CT molecular complexity index is 899. The number of nitrogens with zero attached hydrogens (tertiary/aromatic N) is 1. The maximum atomic E-state index is 12.5. The molecule has 4 rings (SSSR count). The number of hydrogen-bond donors (Lipinski definition) is 1. The van der Waals surface area contributed by atoms with Crippen LogP contribution in [0.2, 0.25) is 0 Å². The summed E-state index contributed by atoms with van der Waals surface area (Å²) < 4.78 is 6.14. The molecular weight excluding hydrogens is 392 g/mol. The lowest BCUT2D eigenvalue weighted by Gasteiger charge is -2.28. The molecule has 1 amide bonds. The average Bonchev–Trinajstić information content (AvgIpc) is 3.23. The molecule has 1 heterocycles. The molecule has 2 atom stereocenters. The number of oxazole rings is 1. The number of carbonyl (C=O) groups is 1. The van der Waals surface area contributed by atoms with Gasteiger partial charge in [-0.3, -0.25) is 4.79 Å². The minimum Gasteiger partial charge on any atom is -0.440 e. The van der Waals surface area contributed by atoms with Gasteiger partial charge in [0.25, 0.3) is 0 Å². The molecule has 0 bridgehead atoms. The van der Waals surface area contributed by atoms with Crippen molar-refractivity contribution in [1.29, 1.82) is 0 Å². The standard InChI is InChI=1S/C25H28N2O2S/c1-30-21-14-8-13-20(17-21)26-22(28)15-16-23-27-24(18-9-4-2-5-10-18)25(29-23)19-11-6-3-7-12-19/h2-7,9-12,20-21H,8,13-17H2,1H3,(H,26,28). The Morgan fingerprint density at radius 1 is 1.07 bits per heavy atom. The molecule has 5 heteroatoms. The molecule has 2 aromatic carbocycles. The SMILES string of the molecule is CSC1CCCC(NC(=O)CCc2nc(-c3ccccc3)c(-c3ccccc3)o2)C1. The van der Waals surface area contributed by atoms with Gasteiger partial charge in [0.2, 0.25) is 5.91 Å². The Kier molecular flexibility index (Phi) is 6.90. The van der Waals surface area contributed by atoms with Crippen molar-refractivity contribution in [3.63, 3.8) is 0 Å². The summed E-state index contributed by atoms with van der Waals surface area (Å²) >= 11 is 1.91. The summed E-state index contributed by atoms with van der Waals surface area (Å²) in [5.41, 5.74) is 2.83. The number of amides is 1. The van der Waals surface area contributed by atoms with Crippen molar-refractivity contribution in [1.82, 2.24) is 10.3 Å². The molecule has 0 spiro atoms. The largest absolute Gasteiger partial charge is 0.440 e. The summed E-state index contributed by atoms with van der Waals surface area (Å²) in [7, 11) is 0. The van der Waals surface area contributed by atoms with Crippen LogP contribution in [0.25, 0.3) is 22.6 Å². The highest BCUT2D eigenvalue weighted by Gasteiger charge is 2.23. The third-order valence-electron chi connectivity index (χ3n) is 5.65. The van der Waals surface area contributed by atoms with Crippen LogP contribution in [0.15, 0.2) is 65.1 Å². The molecule has 156 valence electrons. The third kappa shape index (κ3) is 5.14. The van der Waals surface area contributed by atoms with Crippen molar-refractivity contribution in [2.24, 2.45) is 0 Å². The second-order valence-electron chi connectivity index (χ2n) is 7.81. The summed E-state index contributed by atoms with van der Waals surface area (Å²) in [6, 6.07) is 20.4. The van der Waals surface area contributed by atoms with Gasteiger partial charge in [-0.1, -0.05) is 67.1 Å². The predicted octanol–water partition coefficient (Wildman–Crippen LogP) is 5.73. The summed E-state index contributed by atoms with van der Waals surface area (Å²) in [4.78, 5) is 17.3. The van der Waals surface area contributed by atoms with E-state index in [1.165, 1.54) is 12.8 Å². The van der Waals surface area contributed by atoms with E-state index < -0.39 is 0 Å². The van der Waals surface area contributed by atoms with Crippen LogP contribution in [-0.4, -0.2) is 28.4 Å². The van der Waals surface area contributed by atoms with Gasteiger partial charge < -0.3 is 9.73 Å². The minimum atomic E-state index is 0.0856. The molecule has 30 heavy (non-hydrogen) atoms. The van der Waals surface area contributed by atoms with E-state index in [1.807, 2.05) is 72.4 Å². The third-order valence-corrected chi connectivity index (χ3v) is 6.74. The van der Waals surface area contributed by atoms with Crippen molar-refractivity contribution >= 4 is 17.7 Å². The van der Waals surface area contributed by atoms with E-state index in [9.17, 15) is 4.79 Å². The van der Waals surface area contributed by atoms with Crippen LogP contribution >= 0.6 is 11.8 Å². The van der Waals surface area contributed by atoms with Crippen molar-refractivity contribution in [3.8, 4) is 22.6 Å². The zero-order valence-electron chi connectivity index (χ0n) is 17.3. The number of thioether (sulfide) groups is 1. The van der Waals surface area contributed by atoms with Gasteiger partial charge in [0.1, 0.15) is 5.69 Å². The molecule has 0 aliphatic heterocycles. The van der Waals surface area contributed by atoms with Crippen molar-refractivity contribution < 1.29 is 9.21 Å².